The first-order valence-corrected chi connectivity index (χ1v) is 9.39. The molecule has 2 aliphatic rings. The molecule has 0 N–H and O–H groups in total. The van der Waals surface area contributed by atoms with Crippen LogP contribution in [0, 0.1) is 11.8 Å². The summed E-state index contributed by atoms with van der Waals surface area (Å²) in [5, 5.41) is 0. The Morgan fingerprint density at radius 1 is 1.00 bits per heavy atom. The van der Waals surface area contributed by atoms with Gasteiger partial charge in [0.15, 0.2) is 0 Å². The molecule has 0 unspecified atom stereocenters. The molecular formula is C21H29NO3. The van der Waals surface area contributed by atoms with Crippen LogP contribution in [0.5, 0.6) is 0 Å². The fourth-order valence-corrected chi connectivity index (χ4v) is 3.30. The third kappa shape index (κ3) is 4.62. The van der Waals surface area contributed by atoms with E-state index in [2.05, 4.69) is 32.9 Å². The van der Waals surface area contributed by atoms with E-state index < -0.39 is 0 Å². The number of carbonyl (C=O) groups excluding carboxylic acids is 2. The first-order chi connectivity index (χ1) is 11.8. The van der Waals surface area contributed by atoms with Crippen molar-refractivity contribution in [1.29, 1.82) is 0 Å². The van der Waals surface area contributed by atoms with E-state index in [4.69, 9.17) is 4.74 Å². The SMILES string of the molecule is CC(C)(C)c1ccc(COC(=O)C2CCN(C(=O)C3CC3)CC2)cc1. The van der Waals surface area contributed by atoms with Gasteiger partial charge in [0.25, 0.3) is 0 Å². The molecule has 1 aromatic carbocycles. The van der Waals surface area contributed by atoms with Crippen molar-refractivity contribution in [2.24, 2.45) is 11.8 Å². The summed E-state index contributed by atoms with van der Waals surface area (Å²) < 4.78 is 5.51. The Morgan fingerprint density at radius 2 is 1.60 bits per heavy atom. The second kappa shape index (κ2) is 7.19. The minimum Gasteiger partial charge on any atom is -0.461 e. The molecule has 136 valence electrons. The molecular weight excluding hydrogens is 314 g/mol. The lowest BCUT2D eigenvalue weighted by Gasteiger charge is -2.31. The molecule has 0 atom stereocenters. The monoisotopic (exact) mass is 343 g/mol. The van der Waals surface area contributed by atoms with E-state index >= 15 is 0 Å². The van der Waals surface area contributed by atoms with Gasteiger partial charge in [-0.2, -0.15) is 0 Å². The minimum atomic E-state index is -0.126. The van der Waals surface area contributed by atoms with E-state index in [1.54, 1.807) is 0 Å². The van der Waals surface area contributed by atoms with Crippen molar-refractivity contribution in [1.82, 2.24) is 4.90 Å². The van der Waals surface area contributed by atoms with Gasteiger partial charge < -0.3 is 9.64 Å². The maximum Gasteiger partial charge on any atom is 0.309 e. The zero-order valence-corrected chi connectivity index (χ0v) is 15.6. The number of likely N-dealkylation sites (tertiary alicyclic amines) is 1. The average molecular weight is 343 g/mol. The van der Waals surface area contributed by atoms with Gasteiger partial charge in [0.1, 0.15) is 6.61 Å². The van der Waals surface area contributed by atoms with Crippen LogP contribution in [-0.4, -0.2) is 29.9 Å². The molecule has 1 aromatic rings. The smallest absolute Gasteiger partial charge is 0.309 e. The number of nitrogens with zero attached hydrogens (tertiary/aromatic N) is 1. The molecule has 1 aliphatic carbocycles. The van der Waals surface area contributed by atoms with Crippen LogP contribution in [0.4, 0.5) is 0 Å². The molecule has 25 heavy (non-hydrogen) atoms. The van der Waals surface area contributed by atoms with Crippen molar-refractivity contribution in [2.75, 3.05) is 13.1 Å². The maximum absolute atomic E-state index is 12.3. The zero-order chi connectivity index (χ0) is 18.0. The van der Waals surface area contributed by atoms with Gasteiger partial charge in [-0.1, -0.05) is 45.0 Å². The van der Waals surface area contributed by atoms with Crippen LogP contribution in [0.3, 0.4) is 0 Å². The lowest BCUT2D eigenvalue weighted by molar-refractivity contribution is -0.153. The number of esters is 1. The Morgan fingerprint density at radius 3 is 2.12 bits per heavy atom. The van der Waals surface area contributed by atoms with Gasteiger partial charge in [-0.15, -0.1) is 0 Å². The largest absolute Gasteiger partial charge is 0.461 e. The minimum absolute atomic E-state index is 0.0721. The fourth-order valence-electron chi connectivity index (χ4n) is 3.30. The van der Waals surface area contributed by atoms with E-state index in [1.165, 1.54) is 5.56 Å². The Bertz CT molecular complexity index is 618. The summed E-state index contributed by atoms with van der Waals surface area (Å²) in [5.74, 6) is 0.348. The highest BCUT2D eigenvalue weighted by Crippen LogP contribution is 2.32. The van der Waals surface area contributed by atoms with Crippen molar-refractivity contribution >= 4 is 11.9 Å². The van der Waals surface area contributed by atoms with Gasteiger partial charge in [-0.05, 0) is 42.2 Å². The van der Waals surface area contributed by atoms with Crippen LogP contribution in [-0.2, 0) is 26.3 Å². The van der Waals surface area contributed by atoms with Crippen molar-refractivity contribution in [3.05, 3.63) is 35.4 Å². The number of piperidine rings is 1. The second-order valence-electron chi connectivity index (χ2n) is 8.43. The van der Waals surface area contributed by atoms with Gasteiger partial charge in [0.2, 0.25) is 5.91 Å². The summed E-state index contributed by atoms with van der Waals surface area (Å²) in [6.07, 6.45) is 3.52. The number of rotatable bonds is 4. The molecule has 1 aliphatic heterocycles. The van der Waals surface area contributed by atoms with Gasteiger partial charge in [0, 0.05) is 19.0 Å². The highest BCUT2D eigenvalue weighted by Gasteiger charge is 2.36. The fraction of sp³-hybridized carbons (Fsp3) is 0.619. The zero-order valence-electron chi connectivity index (χ0n) is 15.6. The van der Waals surface area contributed by atoms with E-state index in [-0.39, 0.29) is 29.1 Å². The quantitative estimate of drug-likeness (QED) is 0.784. The number of carbonyl (C=O) groups is 2. The van der Waals surface area contributed by atoms with Gasteiger partial charge in [-0.25, -0.2) is 0 Å². The normalized spacial score (nSPS) is 18.9. The number of ether oxygens (including phenoxy) is 1. The molecule has 3 rings (SSSR count). The summed E-state index contributed by atoms with van der Waals surface area (Å²) in [7, 11) is 0. The van der Waals surface area contributed by atoms with Crippen LogP contribution in [0.2, 0.25) is 0 Å². The van der Waals surface area contributed by atoms with Crippen LogP contribution in [0.15, 0.2) is 24.3 Å². The number of benzene rings is 1. The Labute approximate surface area is 150 Å². The second-order valence-corrected chi connectivity index (χ2v) is 8.43. The third-order valence-corrected chi connectivity index (χ3v) is 5.27. The first kappa shape index (κ1) is 18.0. The van der Waals surface area contributed by atoms with Gasteiger partial charge in [0.05, 0.1) is 5.92 Å². The third-order valence-electron chi connectivity index (χ3n) is 5.27. The molecule has 2 fully saturated rings. The van der Waals surface area contributed by atoms with E-state index in [0.717, 1.165) is 31.2 Å². The van der Waals surface area contributed by atoms with Crippen molar-refractivity contribution < 1.29 is 14.3 Å². The molecule has 4 nitrogen and oxygen atoms in total. The van der Waals surface area contributed by atoms with Crippen LogP contribution >= 0.6 is 0 Å². The number of hydrogen-bond acceptors (Lipinski definition) is 3. The Hall–Kier alpha value is -1.84. The molecule has 0 spiro atoms. The van der Waals surface area contributed by atoms with Crippen molar-refractivity contribution in [3.63, 3.8) is 0 Å². The lowest BCUT2D eigenvalue weighted by Crippen LogP contribution is -2.41. The predicted molar refractivity (Wildman–Crippen MR) is 97.0 cm³/mol. The molecule has 4 heteroatoms. The Balaban J connectivity index is 1.44. The number of hydrogen-bond donors (Lipinski definition) is 0. The van der Waals surface area contributed by atoms with Crippen molar-refractivity contribution in [3.8, 4) is 0 Å². The van der Waals surface area contributed by atoms with E-state index in [1.807, 2.05) is 17.0 Å². The molecule has 0 aromatic heterocycles. The standard InChI is InChI=1S/C21H29NO3/c1-21(2,3)18-8-4-15(5-9-18)14-25-20(24)17-10-12-22(13-11-17)19(23)16-6-7-16/h4-5,8-9,16-17H,6-7,10-14H2,1-3H3. The topological polar surface area (TPSA) is 46.6 Å². The molecule has 1 saturated carbocycles. The highest BCUT2D eigenvalue weighted by atomic mass is 16.5. The average Bonchev–Trinajstić information content (AvgIpc) is 3.44. The van der Waals surface area contributed by atoms with Gasteiger partial charge >= 0.3 is 5.97 Å². The molecule has 1 amide bonds. The summed E-state index contributed by atoms with van der Waals surface area (Å²) >= 11 is 0. The molecule has 0 bridgehead atoms. The van der Waals surface area contributed by atoms with Crippen LogP contribution in [0.1, 0.15) is 57.6 Å². The highest BCUT2D eigenvalue weighted by molar-refractivity contribution is 5.81. The lowest BCUT2D eigenvalue weighted by atomic mass is 9.87. The van der Waals surface area contributed by atoms with Crippen LogP contribution < -0.4 is 0 Å². The Kier molecular flexibility index (Phi) is 5.16. The van der Waals surface area contributed by atoms with Crippen molar-refractivity contribution in [2.45, 2.75) is 58.5 Å². The molecule has 1 saturated heterocycles. The van der Waals surface area contributed by atoms with E-state index in [9.17, 15) is 9.59 Å². The summed E-state index contributed by atoms with van der Waals surface area (Å²) in [6.45, 7) is 8.25. The maximum atomic E-state index is 12.3. The van der Waals surface area contributed by atoms with Crippen LogP contribution in [0.25, 0.3) is 0 Å². The molecule has 1 heterocycles. The summed E-state index contributed by atoms with van der Waals surface area (Å²) in [5.41, 5.74) is 2.42. The number of amides is 1. The van der Waals surface area contributed by atoms with E-state index in [0.29, 0.717) is 19.7 Å². The first-order valence-electron chi connectivity index (χ1n) is 9.39. The van der Waals surface area contributed by atoms with Gasteiger partial charge in [-0.3, -0.25) is 9.59 Å². The summed E-state index contributed by atoms with van der Waals surface area (Å²) in [4.78, 5) is 26.3. The summed E-state index contributed by atoms with van der Waals surface area (Å²) in [6, 6.07) is 8.27. The predicted octanol–water partition coefficient (Wildman–Crippen LogP) is 3.68. The molecule has 0 radical (unpaired) electrons.